The largest absolute Gasteiger partial charge is 0.343 e. The van der Waals surface area contributed by atoms with E-state index in [1.807, 2.05) is 12.1 Å². The Morgan fingerprint density at radius 1 is 1.08 bits per heavy atom. The van der Waals surface area contributed by atoms with Crippen LogP contribution in [0.3, 0.4) is 0 Å². The van der Waals surface area contributed by atoms with Gasteiger partial charge in [0.25, 0.3) is 0 Å². The molecule has 1 atom stereocenters. The van der Waals surface area contributed by atoms with Crippen molar-refractivity contribution < 1.29 is 12.8 Å². The van der Waals surface area contributed by atoms with Gasteiger partial charge in [-0.3, -0.25) is 0 Å². The van der Waals surface area contributed by atoms with Crippen LogP contribution in [-0.2, 0) is 23.0 Å². The van der Waals surface area contributed by atoms with Gasteiger partial charge < -0.3 is 4.57 Å². The van der Waals surface area contributed by atoms with Crippen molar-refractivity contribution in [1.29, 1.82) is 0 Å². The Kier molecular flexibility index (Phi) is 3.66. The minimum Gasteiger partial charge on any atom is -0.343 e. The number of benzene rings is 2. The highest BCUT2D eigenvalue weighted by molar-refractivity contribution is 7.89. The summed E-state index contributed by atoms with van der Waals surface area (Å²) < 4.78 is 42.9. The first kappa shape index (κ1) is 15.4. The van der Waals surface area contributed by atoms with Crippen molar-refractivity contribution in [1.82, 2.24) is 9.29 Å². The van der Waals surface area contributed by atoms with Gasteiger partial charge >= 0.3 is 0 Å². The Labute approximate surface area is 140 Å². The summed E-state index contributed by atoms with van der Waals surface area (Å²) in [6, 6.07) is 15.0. The predicted octanol–water partition coefficient (Wildman–Crippen LogP) is 3.07. The van der Waals surface area contributed by atoms with E-state index in [1.165, 1.54) is 23.2 Å². The molecule has 0 aliphatic carbocycles. The lowest BCUT2D eigenvalue weighted by Gasteiger charge is -2.26. The van der Waals surface area contributed by atoms with E-state index in [-0.39, 0.29) is 10.9 Å². The number of nitrogens with zero attached hydrogens (tertiary/aromatic N) is 1. The molecule has 1 aromatic heterocycles. The smallest absolute Gasteiger partial charge is 0.240 e. The van der Waals surface area contributed by atoms with Crippen molar-refractivity contribution in [2.75, 3.05) is 0 Å². The van der Waals surface area contributed by atoms with E-state index in [4.69, 9.17) is 0 Å². The molecule has 3 aromatic rings. The molecule has 124 valence electrons. The fourth-order valence-corrected chi connectivity index (χ4v) is 4.58. The van der Waals surface area contributed by atoms with Crippen LogP contribution in [0.4, 0.5) is 4.39 Å². The zero-order chi connectivity index (χ0) is 16.7. The molecule has 0 amide bonds. The van der Waals surface area contributed by atoms with E-state index in [1.54, 1.807) is 0 Å². The Bertz CT molecular complexity index is 994. The van der Waals surface area contributed by atoms with Gasteiger partial charge in [0.2, 0.25) is 10.0 Å². The van der Waals surface area contributed by atoms with Crippen molar-refractivity contribution in [2.24, 2.45) is 0 Å². The maximum Gasteiger partial charge on any atom is 0.240 e. The van der Waals surface area contributed by atoms with Crippen LogP contribution in [0.25, 0.3) is 10.9 Å². The van der Waals surface area contributed by atoms with Gasteiger partial charge in [0.1, 0.15) is 5.82 Å². The average molecular weight is 344 g/mol. The number of rotatable bonds is 3. The summed E-state index contributed by atoms with van der Waals surface area (Å²) in [4.78, 5) is 0.0899. The summed E-state index contributed by atoms with van der Waals surface area (Å²) in [5.74, 6) is -0.449. The first-order valence-corrected chi connectivity index (χ1v) is 9.36. The number of halogens is 1. The number of hydrogen-bond acceptors (Lipinski definition) is 2. The molecule has 24 heavy (non-hydrogen) atoms. The number of fused-ring (bicyclic) bond motifs is 3. The van der Waals surface area contributed by atoms with Gasteiger partial charge in [-0.15, -0.1) is 0 Å². The number of para-hydroxylation sites is 1. The van der Waals surface area contributed by atoms with E-state index >= 15 is 0 Å². The molecule has 6 heteroatoms. The van der Waals surface area contributed by atoms with E-state index in [0.717, 1.165) is 30.5 Å². The highest BCUT2D eigenvalue weighted by Gasteiger charge is 2.25. The quantitative estimate of drug-likeness (QED) is 0.794. The molecular formula is C18H17FN2O2S. The second-order valence-electron chi connectivity index (χ2n) is 6.12. The number of aryl methyl sites for hydroxylation is 1. The third-order valence-electron chi connectivity index (χ3n) is 4.49. The highest BCUT2D eigenvalue weighted by Crippen LogP contribution is 2.26. The molecule has 1 unspecified atom stereocenters. The van der Waals surface area contributed by atoms with Gasteiger partial charge in [0.15, 0.2) is 0 Å². The molecule has 4 nitrogen and oxygen atoms in total. The fourth-order valence-electron chi connectivity index (χ4n) is 3.32. The molecule has 4 rings (SSSR count). The molecule has 1 aliphatic heterocycles. The number of aromatic nitrogens is 1. The molecule has 2 heterocycles. The van der Waals surface area contributed by atoms with Crippen molar-refractivity contribution in [3.05, 3.63) is 66.1 Å². The lowest BCUT2D eigenvalue weighted by atomic mass is 10.1. The van der Waals surface area contributed by atoms with Crippen LogP contribution in [0, 0.1) is 5.82 Å². The van der Waals surface area contributed by atoms with E-state index in [9.17, 15) is 12.8 Å². The Hall–Kier alpha value is -2.18. The molecule has 2 aromatic carbocycles. The number of hydrogen-bond donors (Lipinski definition) is 1. The maximum atomic E-state index is 13.0. The van der Waals surface area contributed by atoms with Crippen LogP contribution in [0.15, 0.2) is 59.5 Å². The molecule has 0 spiro atoms. The van der Waals surface area contributed by atoms with Gasteiger partial charge in [-0.1, -0.05) is 18.2 Å². The zero-order valence-electron chi connectivity index (χ0n) is 12.9. The van der Waals surface area contributed by atoms with Crippen molar-refractivity contribution in [3.8, 4) is 0 Å². The second kappa shape index (κ2) is 5.72. The molecule has 0 fully saturated rings. The summed E-state index contributed by atoms with van der Waals surface area (Å²) >= 11 is 0. The van der Waals surface area contributed by atoms with Gasteiger partial charge in [0, 0.05) is 23.8 Å². The zero-order valence-corrected chi connectivity index (χ0v) is 13.8. The lowest BCUT2D eigenvalue weighted by Crippen LogP contribution is -2.40. The first-order chi connectivity index (χ1) is 11.5. The lowest BCUT2D eigenvalue weighted by molar-refractivity contribution is 0.433. The van der Waals surface area contributed by atoms with Crippen molar-refractivity contribution in [3.63, 3.8) is 0 Å². The Morgan fingerprint density at radius 3 is 2.62 bits per heavy atom. The summed E-state index contributed by atoms with van der Waals surface area (Å²) in [7, 11) is -3.65. The fraction of sp³-hybridized carbons (Fsp3) is 0.222. The number of sulfonamides is 1. The standard InChI is InChI=1S/C18H17FN2O2S/c19-14-5-9-17(10-6-14)24(22,23)20-15-7-8-16-11-13-3-1-2-4-18(13)21(16)12-15/h1-6,9-11,15,20H,7-8,12H2. The van der Waals surface area contributed by atoms with Crippen molar-refractivity contribution >= 4 is 20.9 Å². The van der Waals surface area contributed by atoms with Crippen LogP contribution >= 0.6 is 0 Å². The topological polar surface area (TPSA) is 51.1 Å². The van der Waals surface area contributed by atoms with Crippen LogP contribution in [0.5, 0.6) is 0 Å². The van der Waals surface area contributed by atoms with E-state index < -0.39 is 15.8 Å². The van der Waals surface area contributed by atoms with Crippen molar-refractivity contribution in [2.45, 2.75) is 30.3 Å². The van der Waals surface area contributed by atoms with E-state index in [2.05, 4.69) is 27.5 Å². The molecule has 0 bridgehead atoms. The normalized spacial score (nSPS) is 17.8. The Balaban J connectivity index is 1.59. The predicted molar refractivity (Wildman–Crippen MR) is 90.8 cm³/mol. The summed E-state index contributed by atoms with van der Waals surface area (Å²) in [5, 5.41) is 1.18. The SMILES string of the molecule is O=S(=O)(NC1CCc2cc3ccccc3n2C1)c1ccc(F)cc1. The van der Waals surface area contributed by atoms with Gasteiger partial charge in [-0.25, -0.2) is 17.5 Å². The molecule has 0 saturated carbocycles. The third kappa shape index (κ3) is 2.72. The van der Waals surface area contributed by atoms with Crippen LogP contribution in [-0.4, -0.2) is 19.0 Å². The molecule has 0 saturated heterocycles. The van der Waals surface area contributed by atoms with E-state index in [0.29, 0.717) is 6.54 Å². The van der Waals surface area contributed by atoms with Crippen LogP contribution < -0.4 is 4.72 Å². The minimum atomic E-state index is -3.65. The monoisotopic (exact) mass is 344 g/mol. The first-order valence-electron chi connectivity index (χ1n) is 7.88. The second-order valence-corrected chi connectivity index (χ2v) is 7.83. The van der Waals surface area contributed by atoms with Gasteiger partial charge in [0.05, 0.1) is 4.90 Å². The summed E-state index contributed by atoms with van der Waals surface area (Å²) in [5.41, 5.74) is 2.35. The average Bonchev–Trinajstić information content (AvgIpc) is 2.93. The third-order valence-corrected chi connectivity index (χ3v) is 6.03. The van der Waals surface area contributed by atoms with Crippen LogP contribution in [0.1, 0.15) is 12.1 Å². The summed E-state index contributed by atoms with van der Waals surface area (Å²) in [6.07, 6.45) is 1.57. The summed E-state index contributed by atoms with van der Waals surface area (Å²) in [6.45, 7) is 0.600. The molecular weight excluding hydrogens is 327 g/mol. The highest BCUT2D eigenvalue weighted by atomic mass is 32.2. The Morgan fingerprint density at radius 2 is 1.83 bits per heavy atom. The van der Waals surface area contributed by atoms with Gasteiger partial charge in [-0.2, -0.15) is 0 Å². The molecule has 0 radical (unpaired) electrons. The van der Waals surface area contributed by atoms with Crippen LogP contribution in [0.2, 0.25) is 0 Å². The molecule has 1 N–H and O–H groups in total. The minimum absolute atomic E-state index is 0.0899. The number of nitrogens with one attached hydrogen (secondary N) is 1. The maximum absolute atomic E-state index is 13.0. The van der Waals surface area contributed by atoms with Gasteiger partial charge in [-0.05, 0) is 54.6 Å². The molecule has 1 aliphatic rings.